The van der Waals surface area contributed by atoms with Crippen LogP contribution in [0.1, 0.15) is 37.4 Å². The zero-order valence-electron chi connectivity index (χ0n) is 19.7. The van der Waals surface area contributed by atoms with E-state index in [0.717, 1.165) is 5.56 Å². The number of pyridine rings is 1. The molecule has 2 heterocycles. The molecule has 0 saturated carbocycles. The second kappa shape index (κ2) is 11.0. The molecule has 0 saturated heterocycles. The number of aromatic nitrogens is 1. The average molecular weight is 509 g/mol. The summed E-state index contributed by atoms with van der Waals surface area (Å²) in [6, 6.07) is 13.4. The van der Waals surface area contributed by atoms with Crippen molar-refractivity contribution < 1.29 is 33.8 Å². The molecular weight excluding hydrogens is 484 g/mol. The third-order valence-corrected chi connectivity index (χ3v) is 6.66. The number of rotatable bonds is 7. The molecule has 0 radical (unpaired) electrons. The molecule has 0 fully saturated rings. The third kappa shape index (κ3) is 5.83. The third-order valence-electron chi connectivity index (χ3n) is 5.53. The first-order chi connectivity index (χ1) is 17.2. The molecule has 1 aromatic heterocycles. The number of ether oxygens (including phenoxy) is 2. The van der Waals surface area contributed by atoms with Gasteiger partial charge in [-0.25, -0.2) is 4.39 Å². The van der Waals surface area contributed by atoms with Gasteiger partial charge in [-0.15, -0.1) is 0 Å². The number of halogens is 1. The van der Waals surface area contributed by atoms with E-state index in [1.807, 2.05) is 38.1 Å². The van der Waals surface area contributed by atoms with E-state index in [1.165, 1.54) is 12.1 Å². The van der Waals surface area contributed by atoms with Crippen LogP contribution in [0.15, 0.2) is 48.5 Å². The molecular formula is C27H25FNO6P. The maximum Gasteiger partial charge on any atom is 0.305 e. The Morgan fingerprint density at radius 1 is 1.17 bits per heavy atom. The van der Waals surface area contributed by atoms with Crippen molar-refractivity contribution >= 4 is 14.1 Å². The zero-order chi connectivity index (χ0) is 25.8. The van der Waals surface area contributed by atoms with Gasteiger partial charge in [0.1, 0.15) is 14.0 Å². The number of nitrogens with zero attached hydrogens (tertiary/aromatic N) is 1. The van der Waals surface area contributed by atoms with Gasteiger partial charge in [0.15, 0.2) is 11.5 Å². The summed E-state index contributed by atoms with van der Waals surface area (Å²) in [7, 11) is -1.95. The number of carboxylic acids is 1. The van der Waals surface area contributed by atoms with Gasteiger partial charge in [-0.1, -0.05) is 38.0 Å². The number of hydrogen-bond acceptors (Lipinski definition) is 6. The number of aliphatic carboxylic acids is 1. The number of para-hydroxylation sites is 1. The second-order valence-electron chi connectivity index (χ2n) is 8.59. The minimum atomic E-state index is -1.95. The number of carbonyl (C=O) groups is 1. The van der Waals surface area contributed by atoms with Gasteiger partial charge in [0.05, 0.1) is 29.5 Å². The highest BCUT2D eigenvalue weighted by Gasteiger charge is 2.23. The molecule has 3 aromatic rings. The van der Waals surface area contributed by atoms with Crippen LogP contribution in [0.3, 0.4) is 0 Å². The summed E-state index contributed by atoms with van der Waals surface area (Å²) in [5.41, 5.74) is 6.81. The first-order valence-corrected chi connectivity index (χ1v) is 12.8. The summed E-state index contributed by atoms with van der Waals surface area (Å²) < 4.78 is 24.9. The highest BCUT2D eigenvalue weighted by Crippen LogP contribution is 2.43. The summed E-state index contributed by atoms with van der Waals surface area (Å²) >= 11 is 0. The largest absolute Gasteiger partial charge is 0.481 e. The van der Waals surface area contributed by atoms with Crippen molar-refractivity contribution in [2.24, 2.45) is 0 Å². The molecule has 0 spiro atoms. The van der Waals surface area contributed by atoms with Crippen molar-refractivity contribution in [3.63, 3.8) is 0 Å². The Balaban J connectivity index is 1.84. The summed E-state index contributed by atoms with van der Waals surface area (Å²) in [5, 5.41) is 18.7. The lowest BCUT2D eigenvalue weighted by atomic mass is 9.92. The maximum atomic E-state index is 13.7. The van der Waals surface area contributed by atoms with Gasteiger partial charge < -0.3 is 24.6 Å². The molecule has 1 aliphatic rings. The molecule has 186 valence electrons. The van der Waals surface area contributed by atoms with Crippen LogP contribution in [0, 0.1) is 17.4 Å². The normalized spacial score (nSPS) is 13.7. The summed E-state index contributed by atoms with van der Waals surface area (Å²) in [5.74, 6) is 2.66. The van der Waals surface area contributed by atoms with E-state index in [4.69, 9.17) is 19.6 Å². The van der Waals surface area contributed by atoms with Crippen molar-refractivity contribution in [3.05, 3.63) is 65.6 Å². The Morgan fingerprint density at radius 3 is 2.61 bits per heavy atom. The summed E-state index contributed by atoms with van der Waals surface area (Å²) in [6.45, 7) is 4.06. The minimum absolute atomic E-state index is 0.0510. The molecule has 1 unspecified atom stereocenters. The lowest BCUT2D eigenvalue weighted by molar-refractivity contribution is -0.138. The van der Waals surface area contributed by atoms with Crippen LogP contribution in [0.4, 0.5) is 4.39 Å². The molecule has 2 atom stereocenters. The number of benzene rings is 2. The van der Waals surface area contributed by atoms with Gasteiger partial charge in [-0.2, -0.15) is 0 Å². The average Bonchev–Trinajstić information content (AvgIpc) is 3.31. The number of aliphatic hydroxyl groups is 1. The molecule has 0 aliphatic carbocycles. The van der Waals surface area contributed by atoms with Crippen molar-refractivity contribution in [3.8, 4) is 45.5 Å². The second-order valence-corrected chi connectivity index (χ2v) is 9.97. The predicted molar refractivity (Wildman–Crippen MR) is 134 cm³/mol. The van der Waals surface area contributed by atoms with Crippen LogP contribution in [-0.2, 0) is 4.79 Å². The van der Waals surface area contributed by atoms with Crippen molar-refractivity contribution in [2.45, 2.75) is 32.3 Å². The number of aliphatic hydroxyl groups excluding tert-OH is 1. The van der Waals surface area contributed by atoms with E-state index in [2.05, 4.69) is 11.6 Å². The van der Waals surface area contributed by atoms with Crippen LogP contribution in [-0.4, -0.2) is 45.1 Å². The SMILES string of the molecule is CC(C)c1nc(-c2cccc3c2OCO3)cc(-c2ccc(F)cc2)c1C#C[P@@](O)CC(O)CC(=O)O. The molecule has 7 nitrogen and oxygen atoms in total. The van der Waals surface area contributed by atoms with Crippen LogP contribution in [0.2, 0.25) is 0 Å². The Hall–Kier alpha value is -3.50. The molecule has 0 amide bonds. The lowest BCUT2D eigenvalue weighted by Crippen LogP contribution is -2.15. The van der Waals surface area contributed by atoms with Gasteiger partial charge in [0.25, 0.3) is 0 Å². The number of carboxylic acid groups (broad SMARTS) is 1. The van der Waals surface area contributed by atoms with Gasteiger partial charge in [0, 0.05) is 17.3 Å². The van der Waals surface area contributed by atoms with Gasteiger partial charge in [-0.05, 0) is 47.5 Å². The van der Waals surface area contributed by atoms with Crippen LogP contribution in [0.25, 0.3) is 22.4 Å². The lowest BCUT2D eigenvalue weighted by Gasteiger charge is -2.17. The number of fused-ring (bicyclic) bond motifs is 1. The molecule has 36 heavy (non-hydrogen) atoms. The Kier molecular flexibility index (Phi) is 7.85. The summed E-state index contributed by atoms with van der Waals surface area (Å²) in [6.07, 6.45) is -1.81. The molecule has 1 aliphatic heterocycles. The van der Waals surface area contributed by atoms with E-state index in [1.54, 1.807) is 12.1 Å². The first kappa shape index (κ1) is 25.6. The van der Waals surface area contributed by atoms with Gasteiger partial charge in [-0.3, -0.25) is 9.78 Å². The molecule has 4 rings (SSSR count). The van der Waals surface area contributed by atoms with E-state index in [0.29, 0.717) is 39.6 Å². The summed E-state index contributed by atoms with van der Waals surface area (Å²) in [4.78, 5) is 26.1. The van der Waals surface area contributed by atoms with Crippen molar-refractivity contribution in [2.75, 3.05) is 13.0 Å². The molecule has 9 heteroatoms. The van der Waals surface area contributed by atoms with Gasteiger partial charge >= 0.3 is 5.97 Å². The molecule has 0 bridgehead atoms. The maximum absolute atomic E-state index is 13.7. The van der Waals surface area contributed by atoms with Gasteiger partial charge in [0.2, 0.25) is 6.79 Å². The van der Waals surface area contributed by atoms with E-state index in [-0.39, 0.29) is 24.7 Å². The van der Waals surface area contributed by atoms with Crippen LogP contribution in [0.5, 0.6) is 11.5 Å². The highest BCUT2D eigenvalue weighted by molar-refractivity contribution is 7.57. The standard InChI is InChI=1S/C27H25FNO6P/c1-16(2)26-20(10-11-36(33)14-19(30)12-25(31)32)22(17-6-8-18(28)9-7-17)13-23(29-26)21-4-3-5-24-27(21)35-15-34-24/h3-9,13,16,19,30,33H,12,14-15H2,1-2H3,(H,31,32)/t19?,36-/m1/s1. The van der Waals surface area contributed by atoms with E-state index >= 15 is 0 Å². The fourth-order valence-corrected chi connectivity index (χ4v) is 4.73. The Morgan fingerprint density at radius 2 is 1.92 bits per heavy atom. The van der Waals surface area contributed by atoms with E-state index in [9.17, 15) is 19.2 Å². The molecule has 3 N–H and O–H groups in total. The Bertz CT molecular complexity index is 1330. The topological polar surface area (TPSA) is 109 Å². The molecule has 2 aromatic carbocycles. The highest BCUT2D eigenvalue weighted by atomic mass is 31.1. The Labute approximate surface area is 209 Å². The van der Waals surface area contributed by atoms with Crippen LogP contribution < -0.4 is 9.47 Å². The number of hydrogen-bond donors (Lipinski definition) is 3. The minimum Gasteiger partial charge on any atom is -0.481 e. The van der Waals surface area contributed by atoms with E-state index < -0.39 is 26.6 Å². The quantitative estimate of drug-likeness (QED) is 0.306. The monoisotopic (exact) mass is 509 g/mol. The first-order valence-electron chi connectivity index (χ1n) is 11.3. The predicted octanol–water partition coefficient (Wildman–Crippen LogP) is 4.94. The fourth-order valence-electron chi connectivity index (χ4n) is 3.87. The fraction of sp³-hybridized carbons (Fsp3) is 0.259. The van der Waals surface area contributed by atoms with Crippen molar-refractivity contribution in [1.29, 1.82) is 0 Å². The smallest absolute Gasteiger partial charge is 0.305 e. The van der Waals surface area contributed by atoms with Crippen molar-refractivity contribution in [1.82, 2.24) is 4.98 Å². The van der Waals surface area contributed by atoms with Crippen LogP contribution >= 0.6 is 8.15 Å². The zero-order valence-corrected chi connectivity index (χ0v) is 20.6.